The first-order valence-electron chi connectivity index (χ1n) is 7.09. The summed E-state index contributed by atoms with van der Waals surface area (Å²) in [6.07, 6.45) is 5.60. The summed E-state index contributed by atoms with van der Waals surface area (Å²) in [5, 5.41) is 7.56. The fourth-order valence-electron chi connectivity index (χ4n) is 3.28. The van der Waals surface area contributed by atoms with Gasteiger partial charge in [-0.3, -0.25) is 0 Å². The lowest BCUT2D eigenvalue weighted by atomic mass is 9.91. The van der Waals surface area contributed by atoms with Crippen LogP contribution >= 0.6 is 11.3 Å². The van der Waals surface area contributed by atoms with Gasteiger partial charge in [0, 0.05) is 10.7 Å². The molecule has 96 valence electrons. The van der Waals surface area contributed by atoms with Crippen molar-refractivity contribution in [2.45, 2.75) is 38.6 Å². The average molecular weight is 259 g/mol. The van der Waals surface area contributed by atoms with Crippen LogP contribution in [-0.2, 0) is 0 Å². The number of nitrogens with one attached hydrogen (secondary N) is 1. The summed E-state index contributed by atoms with van der Waals surface area (Å²) < 4.78 is 1.42. The molecule has 2 aromatic rings. The van der Waals surface area contributed by atoms with Gasteiger partial charge in [-0.1, -0.05) is 38.0 Å². The van der Waals surface area contributed by atoms with E-state index in [9.17, 15) is 0 Å². The molecule has 3 rings (SSSR count). The van der Waals surface area contributed by atoms with Crippen LogP contribution < -0.4 is 5.32 Å². The van der Waals surface area contributed by atoms with E-state index in [0.29, 0.717) is 6.04 Å². The van der Waals surface area contributed by atoms with Gasteiger partial charge in [-0.05, 0) is 47.7 Å². The number of hydrogen-bond donors (Lipinski definition) is 1. The highest BCUT2D eigenvalue weighted by Gasteiger charge is 2.27. The van der Waals surface area contributed by atoms with E-state index < -0.39 is 0 Å². The van der Waals surface area contributed by atoms with Crippen LogP contribution in [-0.4, -0.2) is 6.54 Å². The molecule has 1 aromatic carbocycles. The molecule has 0 radical (unpaired) electrons. The molecule has 1 unspecified atom stereocenters. The van der Waals surface area contributed by atoms with Crippen molar-refractivity contribution in [3.05, 3.63) is 35.2 Å². The van der Waals surface area contributed by atoms with Gasteiger partial charge in [-0.25, -0.2) is 0 Å². The number of thiophene rings is 1. The molecule has 1 heterocycles. The predicted octanol–water partition coefficient (Wildman–Crippen LogP) is 4.74. The van der Waals surface area contributed by atoms with E-state index in [4.69, 9.17) is 0 Å². The Morgan fingerprint density at radius 2 is 2.06 bits per heavy atom. The van der Waals surface area contributed by atoms with Gasteiger partial charge in [-0.2, -0.15) is 0 Å². The molecule has 1 nitrogen and oxygen atoms in total. The Balaban J connectivity index is 1.98. The topological polar surface area (TPSA) is 12.0 Å². The fraction of sp³-hybridized carbons (Fsp3) is 0.500. The van der Waals surface area contributed by atoms with Gasteiger partial charge < -0.3 is 5.32 Å². The highest BCUT2D eigenvalue weighted by molar-refractivity contribution is 7.17. The molecule has 18 heavy (non-hydrogen) atoms. The van der Waals surface area contributed by atoms with Crippen LogP contribution in [0.3, 0.4) is 0 Å². The minimum Gasteiger partial charge on any atom is -0.310 e. The minimum absolute atomic E-state index is 0.564. The molecule has 0 amide bonds. The Morgan fingerprint density at radius 3 is 2.83 bits per heavy atom. The Hall–Kier alpha value is -0.860. The van der Waals surface area contributed by atoms with Crippen molar-refractivity contribution in [3.8, 4) is 0 Å². The largest absolute Gasteiger partial charge is 0.310 e. The third-order valence-electron chi connectivity index (χ3n) is 4.14. The van der Waals surface area contributed by atoms with E-state index in [1.165, 1.54) is 41.3 Å². The van der Waals surface area contributed by atoms with E-state index >= 15 is 0 Å². The third-order valence-corrected chi connectivity index (χ3v) is 5.12. The summed E-state index contributed by atoms with van der Waals surface area (Å²) in [7, 11) is 0. The van der Waals surface area contributed by atoms with Crippen LogP contribution in [0.2, 0.25) is 0 Å². The molecular weight excluding hydrogens is 238 g/mol. The SMILES string of the molecule is CCNC(c1csc2ccccc12)C1CCCC1. The lowest BCUT2D eigenvalue weighted by molar-refractivity contribution is 0.377. The van der Waals surface area contributed by atoms with Gasteiger partial charge in [0.1, 0.15) is 0 Å². The number of rotatable bonds is 4. The van der Waals surface area contributed by atoms with Crippen molar-refractivity contribution in [1.29, 1.82) is 0 Å². The average Bonchev–Trinajstić information content (AvgIpc) is 3.06. The summed E-state index contributed by atoms with van der Waals surface area (Å²) >= 11 is 1.89. The van der Waals surface area contributed by atoms with E-state index in [1.54, 1.807) is 0 Å². The molecule has 1 N–H and O–H groups in total. The molecule has 1 aliphatic carbocycles. The van der Waals surface area contributed by atoms with Crippen molar-refractivity contribution in [3.63, 3.8) is 0 Å². The summed E-state index contributed by atoms with van der Waals surface area (Å²) in [6.45, 7) is 3.28. The number of fused-ring (bicyclic) bond motifs is 1. The van der Waals surface area contributed by atoms with Crippen molar-refractivity contribution in [1.82, 2.24) is 5.32 Å². The highest BCUT2D eigenvalue weighted by Crippen LogP contribution is 2.40. The van der Waals surface area contributed by atoms with Crippen LogP contribution in [0, 0.1) is 5.92 Å². The summed E-state index contributed by atoms with van der Waals surface area (Å²) in [4.78, 5) is 0. The smallest absolute Gasteiger partial charge is 0.0363 e. The second-order valence-corrected chi connectivity index (χ2v) is 6.18. The molecular formula is C16H21NS. The number of benzene rings is 1. The van der Waals surface area contributed by atoms with Crippen molar-refractivity contribution < 1.29 is 0 Å². The summed E-state index contributed by atoms with van der Waals surface area (Å²) in [5.41, 5.74) is 1.53. The van der Waals surface area contributed by atoms with Gasteiger partial charge in [-0.15, -0.1) is 11.3 Å². The predicted molar refractivity (Wildman–Crippen MR) is 80.2 cm³/mol. The van der Waals surface area contributed by atoms with Crippen LogP contribution in [0.15, 0.2) is 29.6 Å². The quantitative estimate of drug-likeness (QED) is 0.836. The van der Waals surface area contributed by atoms with E-state index in [0.717, 1.165) is 12.5 Å². The molecule has 2 heteroatoms. The summed E-state index contributed by atoms with van der Waals surface area (Å²) in [5.74, 6) is 0.836. The van der Waals surface area contributed by atoms with Crippen LogP contribution in [0.25, 0.3) is 10.1 Å². The van der Waals surface area contributed by atoms with Gasteiger partial charge in [0.05, 0.1) is 0 Å². The molecule has 0 saturated heterocycles. The second-order valence-electron chi connectivity index (χ2n) is 5.27. The maximum atomic E-state index is 3.73. The second kappa shape index (κ2) is 5.41. The first-order valence-corrected chi connectivity index (χ1v) is 7.97. The normalized spacial score (nSPS) is 18.5. The molecule has 0 bridgehead atoms. The third kappa shape index (κ3) is 2.19. The Kier molecular flexibility index (Phi) is 3.67. The van der Waals surface area contributed by atoms with E-state index in [-0.39, 0.29) is 0 Å². The lowest BCUT2D eigenvalue weighted by Gasteiger charge is -2.24. The van der Waals surface area contributed by atoms with Gasteiger partial charge in [0.2, 0.25) is 0 Å². The van der Waals surface area contributed by atoms with Crippen molar-refractivity contribution in [2.24, 2.45) is 5.92 Å². The van der Waals surface area contributed by atoms with Crippen molar-refractivity contribution >= 4 is 21.4 Å². The Labute approximate surface area is 113 Å². The van der Waals surface area contributed by atoms with Crippen LogP contribution in [0.4, 0.5) is 0 Å². The maximum Gasteiger partial charge on any atom is 0.0363 e. The number of hydrogen-bond acceptors (Lipinski definition) is 2. The Bertz CT molecular complexity index is 511. The fourth-order valence-corrected chi connectivity index (χ4v) is 4.28. The maximum absolute atomic E-state index is 3.73. The minimum atomic E-state index is 0.564. The first kappa shape index (κ1) is 12.2. The first-order chi connectivity index (χ1) is 8.90. The lowest BCUT2D eigenvalue weighted by Crippen LogP contribution is -2.26. The standard InChI is InChI=1S/C16H21NS/c1-2-17-16(12-7-3-4-8-12)14-11-18-15-10-6-5-9-13(14)15/h5-6,9-12,16-17H,2-4,7-8H2,1H3. The molecule has 0 spiro atoms. The zero-order valence-corrected chi connectivity index (χ0v) is 11.8. The van der Waals surface area contributed by atoms with Crippen molar-refractivity contribution in [2.75, 3.05) is 6.54 Å². The zero-order chi connectivity index (χ0) is 12.4. The monoisotopic (exact) mass is 259 g/mol. The molecule has 1 saturated carbocycles. The molecule has 1 aliphatic rings. The molecule has 1 fully saturated rings. The van der Waals surface area contributed by atoms with Gasteiger partial charge >= 0.3 is 0 Å². The van der Waals surface area contributed by atoms with Crippen LogP contribution in [0.5, 0.6) is 0 Å². The van der Waals surface area contributed by atoms with E-state index in [1.807, 2.05) is 11.3 Å². The Morgan fingerprint density at radius 1 is 1.28 bits per heavy atom. The van der Waals surface area contributed by atoms with E-state index in [2.05, 4.69) is 41.9 Å². The van der Waals surface area contributed by atoms with Gasteiger partial charge in [0.15, 0.2) is 0 Å². The summed E-state index contributed by atoms with van der Waals surface area (Å²) in [6, 6.07) is 9.38. The molecule has 0 aliphatic heterocycles. The zero-order valence-electron chi connectivity index (χ0n) is 11.0. The van der Waals surface area contributed by atoms with Gasteiger partial charge in [0.25, 0.3) is 0 Å². The molecule has 1 aromatic heterocycles. The van der Waals surface area contributed by atoms with Crippen LogP contribution in [0.1, 0.15) is 44.2 Å². The highest BCUT2D eigenvalue weighted by atomic mass is 32.1. The molecule has 1 atom stereocenters.